The van der Waals surface area contributed by atoms with Crippen LogP contribution in [0.25, 0.3) is 0 Å². The molecule has 2 amide bonds. The number of piperidine rings is 1. The summed E-state index contributed by atoms with van der Waals surface area (Å²) in [7, 11) is 0. The van der Waals surface area contributed by atoms with Crippen molar-refractivity contribution in [3.63, 3.8) is 0 Å². The van der Waals surface area contributed by atoms with Gasteiger partial charge in [0.05, 0.1) is 12.1 Å². The Morgan fingerprint density at radius 3 is 2.54 bits per heavy atom. The third-order valence-electron chi connectivity index (χ3n) is 6.97. The Morgan fingerprint density at radius 1 is 1.08 bits per heavy atom. The maximum absolute atomic E-state index is 13.4. The Balaban J connectivity index is 1.21. The maximum Gasteiger partial charge on any atom is 0.419 e. The third kappa shape index (κ3) is 6.94. The third-order valence-corrected chi connectivity index (χ3v) is 6.97. The fraction of sp³-hybridized carbons (Fsp3) is 0.444. The number of halogens is 4. The molecule has 4 rings (SSSR count). The van der Waals surface area contributed by atoms with Crippen LogP contribution in [0, 0.1) is 18.7 Å². The molecule has 1 unspecified atom stereocenters. The first kappa shape index (κ1) is 26.8. The number of carbonyl (C=O) groups excluding carboxylic acids is 2. The number of carbonyl (C=O) groups is 2. The van der Waals surface area contributed by atoms with E-state index in [1.54, 1.807) is 6.21 Å². The summed E-state index contributed by atoms with van der Waals surface area (Å²) >= 11 is 0. The minimum atomic E-state index is -4.92. The van der Waals surface area contributed by atoms with Gasteiger partial charge in [-0.15, -0.1) is 0 Å². The number of hydrogen-bond donors (Lipinski definition) is 1. The van der Waals surface area contributed by atoms with Gasteiger partial charge in [0.2, 0.25) is 0 Å². The van der Waals surface area contributed by atoms with Crippen molar-refractivity contribution in [2.24, 2.45) is 10.9 Å². The van der Waals surface area contributed by atoms with E-state index in [9.17, 15) is 27.2 Å². The van der Waals surface area contributed by atoms with Crippen molar-refractivity contribution in [3.05, 3.63) is 65.0 Å². The molecule has 10 heteroatoms. The Morgan fingerprint density at radius 2 is 1.84 bits per heavy atom. The monoisotopic (exact) mass is 518 g/mol. The van der Waals surface area contributed by atoms with Crippen molar-refractivity contribution >= 4 is 23.7 Å². The largest absolute Gasteiger partial charge is 0.419 e. The summed E-state index contributed by atoms with van der Waals surface area (Å²) in [5.41, 5.74) is 0.596. The van der Waals surface area contributed by atoms with Crippen molar-refractivity contribution in [2.75, 3.05) is 37.6 Å². The molecule has 2 fully saturated rings. The maximum atomic E-state index is 13.4. The molecule has 2 saturated heterocycles. The summed E-state index contributed by atoms with van der Waals surface area (Å²) in [6.07, 6.45) is -0.287. The van der Waals surface area contributed by atoms with Crippen molar-refractivity contribution in [2.45, 2.75) is 38.4 Å². The number of aliphatic imine (C=N–C) groups is 1. The molecule has 0 bridgehead atoms. The summed E-state index contributed by atoms with van der Waals surface area (Å²) in [4.78, 5) is 33.0. The molecule has 2 aliphatic heterocycles. The van der Waals surface area contributed by atoms with E-state index in [0.29, 0.717) is 18.2 Å². The summed E-state index contributed by atoms with van der Waals surface area (Å²) in [5, 5.41) is 2.25. The first-order valence-electron chi connectivity index (χ1n) is 12.4. The molecule has 2 aromatic carbocycles. The predicted molar refractivity (Wildman–Crippen MR) is 133 cm³/mol. The van der Waals surface area contributed by atoms with Crippen LogP contribution in [-0.2, 0) is 11.0 Å². The highest BCUT2D eigenvalue weighted by atomic mass is 19.4. The standard InChI is InChI=1S/C27H30F4N4O2/c1-18-3-2-4-22(13-18)34-11-8-21(9-12-34)35-10-7-19(17-35)15-32-25(36)16-33-26(37)20-5-6-24(28)23(14-20)27(29,30)31/h2-6,13-15,19,21H,7-12,16-17H2,1H3,(H,33,37). The fourth-order valence-corrected chi connectivity index (χ4v) is 4.96. The lowest BCUT2D eigenvalue weighted by molar-refractivity contribution is -0.140. The molecule has 6 nitrogen and oxygen atoms in total. The second-order valence-electron chi connectivity index (χ2n) is 9.65. The number of aryl methyl sites for hydroxylation is 1. The molecule has 2 aromatic rings. The molecule has 37 heavy (non-hydrogen) atoms. The van der Waals surface area contributed by atoms with Gasteiger partial charge < -0.3 is 10.2 Å². The number of anilines is 1. The minimum absolute atomic E-state index is 0.126. The molecule has 1 N–H and O–H groups in total. The van der Waals surface area contributed by atoms with Gasteiger partial charge in [0.25, 0.3) is 11.8 Å². The molecule has 0 saturated carbocycles. The van der Waals surface area contributed by atoms with Crippen LogP contribution in [0.3, 0.4) is 0 Å². The smallest absolute Gasteiger partial charge is 0.371 e. The quantitative estimate of drug-likeness (QED) is 0.453. The zero-order valence-electron chi connectivity index (χ0n) is 20.6. The first-order valence-corrected chi connectivity index (χ1v) is 12.4. The van der Waals surface area contributed by atoms with Crippen LogP contribution in [0.2, 0.25) is 0 Å². The van der Waals surface area contributed by atoms with Gasteiger partial charge in [-0.05, 0) is 68.6 Å². The van der Waals surface area contributed by atoms with Gasteiger partial charge >= 0.3 is 6.18 Å². The first-order chi connectivity index (χ1) is 17.6. The highest BCUT2D eigenvalue weighted by Crippen LogP contribution is 2.32. The topological polar surface area (TPSA) is 65.0 Å². The second-order valence-corrected chi connectivity index (χ2v) is 9.65. The van der Waals surface area contributed by atoms with Crippen LogP contribution in [0.4, 0.5) is 23.2 Å². The number of hydrogen-bond acceptors (Lipinski definition) is 4. The SMILES string of the molecule is Cc1cccc(N2CCC(N3CCC(C=NC(=O)CNC(=O)c4ccc(F)c(C(F)(F)F)c4)C3)CC2)c1. The van der Waals surface area contributed by atoms with Crippen molar-refractivity contribution < 1.29 is 27.2 Å². The van der Waals surface area contributed by atoms with Crippen LogP contribution < -0.4 is 10.2 Å². The molecular formula is C27H30F4N4O2. The molecule has 0 aromatic heterocycles. The lowest BCUT2D eigenvalue weighted by Crippen LogP contribution is -2.44. The Kier molecular flexibility index (Phi) is 8.26. The summed E-state index contributed by atoms with van der Waals surface area (Å²) in [6, 6.07) is 11.0. The summed E-state index contributed by atoms with van der Waals surface area (Å²) in [6.45, 7) is 5.39. The van der Waals surface area contributed by atoms with Gasteiger partial charge in [-0.2, -0.15) is 13.2 Å². The predicted octanol–water partition coefficient (Wildman–Crippen LogP) is 4.47. The number of amides is 2. The van der Waals surface area contributed by atoms with Crippen LogP contribution in [0.15, 0.2) is 47.5 Å². The van der Waals surface area contributed by atoms with Crippen molar-refractivity contribution in [3.8, 4) is 0 Å². The minimum Gasteiger partial charge on any atom is -0.371 e. The van der Waals surface area contributed by atoms with Gasteiger partial charge in [-0.1, -0.05) is 12.1 Å². The van der Waals surface area contributed by atoms with E-state index in [1.807, 2.05) is 0 Å². The number of nitrogens with one attached hydrogen (secondary N) is 1. The van der Waals surface area contributed by atoms with E-state index in [4.69, 9.17) is 0 Å². The van der Waals surface area contributed by atoms with Gasteiger partial charge in [0.1, 0.15) is 5.82 Å². The molecular weight excluding hydrogens is 488 g/mol. The average molecular weight is 519 g/mol. The van der Waals surface area contributed by atoms with E-state index in [2.05, 4.69) is 51.3 Å². The molecule has 0 spiro atoms. The Hall–Kier alpha value is -3.27. The number of alkyl halides is 3. The average Bonchev–Trinajstić information content (AvgIpc) is 3.35. The molecule has 1 atom stereocenters. The van der Waals surface area contributed by atoms with Crippen molar-refractivity contribution in [1.82, 2.24) is 10.2 Å². The summed E-state index contributed by atoms with van der Waals surface area (Å²) < 4.78 is 52.0. The summed E-state index contributed by atoms with van der Waals surface area (Å²) in [5.74, 6) is -2.84. The highest BCUT2D eigenvalue weighted by molar-refractivity contribution is 5.97. The zero-order chi connectivity index (χ0) is 26.6. The lowest BCUT2D eigenvalue weighted by atomic mass is 10.0. The van der Waals surface area contributed by atoms with Gasteiger partial charge in [-0.3, -0.25) is 14.5 Å². The number of benzene rings is 2. The molecule has 2 aliphatic rings. The normalized spacial score (nSPS) is 19.5. The lowest BCUT2D eigenvalue weighted by Gasteiger charge is -2.38. The van der Waals surface area contributed by atoms with E-state index in [1.165, 1.54) is 11.3 Å². The highest BCUT2D eigenvalue weighted by Gasteiger charge is 2.35. The van der Waals surface area contributed by atoms with Crippen molar-refractivity contribution in [1.29, 1.82) is 0 Å². The van der Waals surface area contributed by atoms with Gasteiger partial charge in [-0.25, -0.2) is 9.38 Å². The van der Waals surface area contributed by atoms with E-state index in [-0.39, 0.29) is 11.5 Å². The van der Waals surface area contributed by atoms with Crippen LogP contribution in [0.5, 0.6) is 0 Å². The Bertz CT molecular complexity index is 1160. The fourth-order valence-electron chi connectivity index (χ4n) is 4.96. The van der Waals surface area contributed by atoms with Crippen LogP contribution in [0.1, 0.15) is 40.7 Å². The van der Waals surface area contributed by atoms with Gasteiger partial charge in [0.15, 0.2) is 0 Å². The Labute approximate surface area is 213 Å². The molecule has 0 aliphatic carbocycles. The van der Waals surface area contributed by atoms with Crippen LogP contribution >= 0.6 is 0 Å². The molecule has 0 radical (unpaired) electrons. The van der Waals surface area contributed by atoms with Gasteiger partial charge in [0, 0.05) is 49.1 Å². The number of nitrogens with zero attached hydrogens (tertiary/aromatic N) is 3. The number of rotatable bonds is 6. The molecule has 198 valence electrons. The second kappa shape index (κ2) is 11.4. The number of likely N-dealkylation sites (tertiary alicyclic amines) is 1. The van der Waals surface area contributed by atoms with E-state index in [0.717, 1.165) is 51.5 Å². The molecule has 2 heterocycles. The van der Waals surface area contributed by atoms with E-state index < -0.39 is 35.9 Å². The van der Waals surface area contributed by atoms with E-state index >= 15 is 0 Å². The zero-order valence-corrected chi connectivity index (χ0v) is 20.6. The van der Waals surface area contributed by atoms with Crippen LogP contribution in [-0.4, -0.2) is 61.7 Å².